The van der Waals surface area contributed by atoms with Crippen molar-refractivity contribution in [3.8, 4) is 5.75 Å². The zero-order valence-electron chi connectivity index (χ0n) is 14.4. The van der Waals surface area contributed by atoms with Gasteiger partial charge < -0.3 is 14.4 Å². The highest BCUT2D eigenvalue weighted by Crippen LogP contribution is 2.21. The molecule has 0 aliphatic carbocycles. The molecule has 1 aliphatic rings. The van der Waals surface area contributed by atoms with E-state index in [4.69, 9.17) is 9.47 Å². The van der Waals surface area contributed by atoms with Gasteiger partial charge in [-0.15, -0.1) is 0 Å². The fraction of sp³-hybridized carbons (Fsp3) is 0.526. The van der Waals surface area contributed by atoms with Gasteiger partial charge in [0.05, 0.1) is 13.7 Å². The van der Waals surface area contributed by atoms with Gasteiger partial charge in [0.2, 0.25) is 5.91 Å². The van der Waals surface area contributed by atoms with Gasteiger partial charge in [0.15, 0.2) is 0 Å². The summed E-state index contributed by atoms with van der Waals surface area (Å²) in [4.78, 5) is 14.4. The average Bonchev–Trinajstić information content (AvgIpc) is 3.06. The molecule has 1 amide bonds. The Morgan fingerprint density at radius 3 is 2.87 bits per heavy atom. The van der Waals surface area contributed by atoms with E-state index in [2.05, 4.69) is 0 Å². The Morgan fingerprint density at radius 1 is 1.43 bits per heavy atom. The molecule has 1 saturated heterocycles. The minimum atomic E-state index is 0.0896. The fourth-order valence-corrected chi connectivity index (χ4v) is 2.92. The van der Waals surface area contributed by atoms with Crippen molar-refractivity contribution in [2.75, 3.05) is 33.4 Å². The molecule has 1 aromatic rings. The van der Waals surface area contributed by atoms with Crippen LogP contribution in [0.3, 0.4) is 0 Å². The summed E-state index contributed by atoms with van der Waals surface area (Å²) in [6.45, 7) is 7.13. The summed E-state index contributed by atoms with van der Waals surface area (Å²) >= 11 is 0. The number of allylic oxidation sites excluding steroid dienone is 1. The molecule has 0 radical (unpaired) electrons. The molecule has 2 rings (SSSR count). The summed E-state index contributed by atoms with van der Waals surface area (Å²) in [6, 6.07) is 7.93. The molecule has 1 aliphatic heterocycles. The molecule has 1 aromatic carbocycles. The van der Waals surface area contributed by atoms with Gasteiger partial charge in [0.1, 0.15) is 5.75 Å². The minimum Gasteiger partial charge on any atom is -0.496 e. The summed E-state index contributed by atoms with van der Waals surface area (Å²) in [5.74, 6) is 1.43. The lowest BCUT2D eigenvalue weighted by molar-refractivity contribution is -0.126. The van der Waals surface area contributed by atoms with Gasteiger partial charge in [-0.25, -0.2) is 0 Å². The van der Waals surface area contributed by atoms with Gasteiger partial charge in [-0.1, -0.05) is 23.8 Å². The second-order valence-corrected chi connectivity index (χ2v) is 6.09. The van der Waals surface area contributed by atoms with Crippen molar-refractivity contribution in [3.05, 3.63) is 41.5 Å². The molecule has 4 heteroatoms. The van der Waals surface area contributed by atoms with Crippen LogP contribution in [0.15, 0.2) is 35.9 Å². The third-order valence-electron chi connectivity index (χ3n) is 4.23. The van der Waals surface area contributed by atoms with E-state index in [0.717, 1.165) is 56.0 Å². The Hall–Kier alpha value is -1.81. The smallest absolute Gasteiger partial charge is 0.246 e. The average molecular weight is 317 g/mol. The van der Waals surface area contributed by atoms with E-state index in [9.17, 15) is 4.79 Å². The first kappa shape index (κ1) is 17.5. The Bertz CT molecular complexity index is 547. The number of carbonyl (C=O) groups is 1. The second kappa shape index (κ2) is 8.73. The van der Waals surface area contributed by atoms with Crippen LogP contribution in [0, 0.1) is 5.92 Å². The van der Waals surface area contributed by atoms with Crippen LogP contribution in [-0.2, 0) is 16.0 Å². The van der Waals surface area contributed by atoms with Crippen LogP contribution in [0.1, 0.15) is 25.8 Å². The standard InChI is InChI=1S/C19H27NO3/c1-4-20(13-16-9-10-23-14-16)19(21)12-15(2)11-17-7-5-6-8-18(17)22-3/h5-8,12,16H,4,9-11,13-14H2,1-3H3/b15-12-/t16-/m1/s1. The molecule has 0 aromatic heterocycles. The van der Waals surface area contributed by atoms with Gasteiger partial charge in [0, 0.05) is 31.7 Å². The molecular weight excluding hydrogens is 290 g/mol. The predicted octanol–water partition coefficient (Wildman–Crippen LogP) is 3.07. The van der Waals surface area contributed by atoms with Gasteiger partial charge in [-0.05, 0) is 38.3 Å². The van der Waals surface area contributed by atoms with Crippen LogP contribution >= 0.6 is 0 Å². The number of nitrogens with zero attached hydrogens (tertiary/aromatic N) is 1. The SMILES string of the molecule is CCN(C[C@H]1CCOC1)C(=O)/C=C(/C)Cc1ccccc1OC. The molecule has 23 heavy (non-hydrogen) atoms. The van der Waals surface area contributed by atoms with Gasteiger partial charge in [0.25, 0.3) is 0 Å². The number of carbonyl (C=O) groups excluding carboxylic acids is 1. The molecule has 1 fully saturated rings. The lowest BCUT2D eigenvalue weighted by Crippen LogP contribution is -2.34. The molecular formula is C19H27NO3. The second-order valence-electron chi connectivity index (χ2n) is 6.09. The van der Waals surface area contributed by atoms with Gasteiger partial charge >= 0.3 is 0 Å². The third-order valence-corrected chi connectivity index (χ3v) is 4.23. The highest BCUT2D eigenvalue weighted by molar-refractivity contribution is 5.88. The zero-order valence-corrected chi connectivity index (χ0v) is 14.4. The molecule has 0 spiro atoms. The summed E-state index contributed by atoms with van der Waals surface area (Å²) in [5.41, 5.74) is 2.14. The summed E-state index contributed by atoms with van der Waals surface area (Å²) < 4.78 is 10.8. The first-order valence-electron chi connectivity index (χ1n) is 8.29. The molecule has 1 atom stereocenters. The van der Waals surface area contributed by atoms with Crippen LogP contribution in [0.5, 0.6) is 5.75 Å². The summed E-state index contributed by atoms with van der Waals surface area (Å²) in [7, 11) is 1.67. The maximum absolute atomic E-state index is 12.5. The Morgan fingerprint density at radius 2 is 2.22 bits per heavy atom. The van der Waals surface area contributed by atoms with Crippen LogP contribution in [0.4, 0.5) is 0 Å². The van der Waals surface area contributed by atoms with Crippen molar-refractivity contribution in [1.82, 2.24) is 4.90 Å². The summed E-state index contributed by atoms with van der Waals surface area (Å²) in [6.07, 6.45) is 3.53. The van der Waals surface area contributed by atoms with E-state index >= 15 is 0 Å². The number of hydrogen-bond acceptors (Lipinski definition) is 3. The van der Waals surface area contributed by atoms with Crippen molar-refractivity contribution in [1.29, 1.82) is 0 Å². The van der Waals surface area contributed by atoms with E-state index in [1.807, 2.05) is 43.0 Å². The quantitative estimate of drug-likeness (QED) is 0.726. The summed E-state index contributed by atoms with van der Waals surface area (Å²) in [5, 5.41) is 0. The van der Waals surface area contributed by atoms with E-state index in [0.29, 0.717) is 5.92 Å². The Kier molecular flexibility index (Phi) is 6.66. The normalized spacial score (nSPS) is 18.0. The van der Waals surface area contributed by atoms with Crippen LogP contribution in [-0.4, -0.2) is 44.2 Å². The molecule has 0 unspecified atom stereocenters. The van der Waals surface area contributed by atoms with Gasteiger partial charge in [-0.2, -0.15) is 0 Å². The van der Waals surface area contributed by atoms with E-state index in [1.165, 1.54) is 0 Å². The minimum absolute atomic E-state index is 0.0896. The molecule has 1 heterocycles. The largest absolute Gasteiger partial charge is 0.496 e. The third kappa shape index (κ3) is 5.10. The van der Waals surface area contributed by atoms with E-state index < -0.39 is 0 Å². The number of hydrogen-bond donors (Lipinski definition) is 0. The monoisotopic (exact) mass is 317 g/mol. The van der Waals surface area contributed by atoms with Crippen molar-refractivity contribution in [2.45, 2.75) is 26.7 Å². The first-order valence-corrected chi connectivity index (χ1v) is 8.29. The maximum atomic E-state index is 12.5. The Labute approximate surface area is 139 Å². The van der Waals surface area contributed by atoms with Crippen molar-refractivity contribution in [3.63, 3.8) is 0 Å². The number of para-hydroxylation sites is 1. The van der Waals surface area contributed by atoms with E-state index in [-0.39, 0.29) is 5.91 Å². The first-order chi connectivity index (χ1) is 11.1. The maximum Gasteiger partial charge on any atom is 0.246 e. The Balaban J connectivity index is 1.98. The lowest BCUT2D eigenvalue weighted by Gasteiger charge is -2.22. The van der Waals surface area contributed by atoms with Crippen molar-refractivity contribution < 1.29 is 14.3 Å². The zero-order chi connectivity index (χ0) is 16.7. The number of ether oxygens (including phenoxy) is 2. The van der Waals surface area contributed by atoms with Crippen LogP contribution in [0.25, 0.3) is 0 Å². The molecule has 0 saturated carbocycles. The van der Waals surface area contributed by atoms with E-state index in [1.54, 1.807) is 13.2 Å². The number of rotatable bonds is 7. The number of likely N-dealkylation sites (N-methyl/N-ethyl adjacent to an activating group) is 1. The van der Waals surface area contributed by atoms with Crippen LogP contribution < -0.4 is 4.74 Å². The van der Waals surface area contributed by atoms with Crippen LogP contribution in [0.2, 0.25) is 0 Å². The lowest BCUT2D eigenvalue weighted by atomic mass is 10.0. The highest BCUT2D eigenvalue weighted by atomic mass is 16.5. The molecule has 0 bridgehead atoms. The predicted molar refractivity (Wildman–Crippen MR) is 91.6 cm³/mol. The topological polar surface area (TPSA) is 38.8 Å². The molecule has 0 N–H and O–H groups in total. The van der Waals surface area contributed by atoms with Crippen molar-refractivity contribution in [2.24, 2.45) is 5.92 Å². The fourth-order valence-electron chi connectivity index (χ4n) is 2.92. The number of benzene rings is 1. The number of amides is 1. The molecule has 4 nitrogen and oxygen atoms in total. The number of methoxy groups -OCH3 is 1. The molecule has 126 valence electrons. The van der Waals surface area contributed by atoms with Crippen molar-refractivity contribution >= 4 is 5.91 Å². The van der Waals surface area contributed by atoms with Gasteiger partial charge in [-0.3, -0.25) is 4.79 Å². The highest BCUT2D eigenvalue weighted by Gasteiger charge is 2.20.